The van der Waals surface area contributed by atoms with Crippen LogP contribution in [0.2, 0.25) is 5.04 Å². The smallest absolute Gasteiger partial charge is 0.338 e. The Labute approximate surface area is 178 Å². The van der Waals surface area contributed by atoms with E-state index in [0.717, 1.165) is 10.4 Å². The van der Waals surface area contributed by atoms with Gasteiger partial charge >= 0.3 is 5.97 Å². The van der Waals surface area contributed by atoms with Gasteiger partial charge in [0.1, 0.15) is 5.60 Å². The fourth-order valence-electron chi connectivity index (χ4n) is 5.25. The monoisotopic (exact) mass is 426 g/mol. The zero-order chi connectivity index (χ0) is 21.8. The van der Waals surface area contributed by atoms with Crippen LogP contribution >= 0.6 is 0 Å². The second-order valence-electron chi connectivity index (χ2n) is 9.66. The minimum absolute atomic E-state index is 0.242. The summed E-state index contributed by atoms with van der Waals surface area (Å²) in [5.74, 6) is -0.782. The molecule has 0 amide bonds. The molecule has 1 saturated heterocycles. The van der Waals surface area contributed by atoms with Crippen molar-refractivity contribution in [2.75, 3.05) is 0 Å². The molecular weight excluding hydrogens is 396 g/mol. The summed E-state index contributed by atoms with van der Waals surface area (Å²) in [6.45, 7) is 8.23. The van der Waals surface area contributed by atoms with Crippen LogP contribution in [0, 0.1) is 0 Å². The Morgan fingerprint density at radius 3 is 2.00 bits per heavy atom. The lowest BCUT2D eigenvalue weighted by molar-refractivity contribution is -0.162. The molecule has 4 rings (SSSR count). The van der Waals surface area contributed by atoms with Gasteiger partial charge in [0, 0.05) is 0 Å². The quantitative estimate of drug-likeness (QED) is 0.579. The predicted octanol–water partition coefficient (Wildman–Crippen LogP) is 2.13. The minimum atomic E-state index is -2.88. The summed E-state index contributed by atoms with van der Waals surface area (Å²) in [6, 6.07) is 20.4. The second-order valence-corrected chi connectivity index (χ2v) is 13.9. The summed E-state index contributed by atoms with van der Waals surface area (Å²) >= 11 is 0. The first-order valence-electron chi connectivity index (χ1n) is 10.5. The summed E-state index contributed by atoms with van der Waals surface area (Å²) in [5, 5.41) is 23.5. The Morgan fingerprint density at radius 2 is 1.53 bits per heavy atom. The molecule has 0 aromatic heterocycles. The Balaban J connectivity index is 1.88. The highest BCUT2D eigenvalue weighted by atomic mass is 28.4. The third-order valence-corrected chi connectivity index (χ3v) is 12.0. The van der Waals surface area contributed by atoms with Crippen LogP contribution in [0.15, 0.2) is 60.7 Å². The van der Waals surface area contributed by atoms with E-state index in [0.29, 0.717) is 6.42 Å². The zero-order valence-electron chi connectivity index (χ0n) is 18.0. The molecule has 0 unspecified atom stereocenters. The van der Waals surface area contributed by atoms with Gasteiger partial charge in [-0.25, -0.2) is 4.79 Å². The maximum atomic E-state index is 12.2. The van der Waals surface area contributed by atoms with E-state index in [4.69, 9.17) is 9.16 Å². The van der Waals surface area contributed by atoms with E-state index in [9.17, 15) is 15.0 Å². The molecular formula is C24H30O5Si. The van der Waals surface area contributed by atoms with Crippen molar-refractivity contribution in [2.45, 2.75) is 69.0 Å². The Hall–Kier alpha value is -1.99. The summed E-state index contributed by atoms with van der Waals surface area (Å²) in [4.78, 5) is 12.2. The first kappa shape index (κ1) is 21.2. The fraction of sp³-hybridized carbons (Fsp3) is 0.458. The number of ether oxygens (including phenoxy) is 1. The van der Waals surface area contributed by atoms with E-state index in [2.05, 4.69) is 45.0 Å². The zero-order valence-corrected chi connectivity index (χ0v) is 19.0. The number of benzene rings is 2. The molecule has 0 bridgehead atoms. The van der Waals surface area contributed by atoms with Crippen molar-refractivity contribution in [3.8, 4) is 0 Å². The van der Waals surface area contributed by atoms with Crippen molar-refractivity contribution in [2.24, 2.45) is 0 Å². The van der Waals surface area contributed by atoms with Crippen LogP contribution in [0.1, 0.15) is 40.5 Å². The summed E-state index contributed by atoms with van der Waals surface area (Å²) in [6.07, 6.45) is -1.33. The molecule has 30 heavy (non-hydrogen) atoms. The lowest BCUT2D eigenvalue weighted by Crippen LogP contribution is -2.69. The van der Waals surface area contributed by atoms with Crippen LogP contribution in [0.4, 0.5) is 0 Å². The van der Waals surface area contributed by atoms with Crippen LogP contribution in [0.3, 0.4) is 0 Å². The van der Waals surface area contributed by atoms with Crippen LogP contribution in [0.25, 0.3) is 0 Å². The van der Waals surface area contributed by atoms with Crippen LogP contribution < -0.4 is 10.4 Å². The van der Waals surface area contributed by atoms with E-state index in [-0.39, 0.29) is 11.5 Å². The molecule has 2 aliphatic rings. The number of esters is 1. The fourth-order valence-corrected chi connectivity index (χ4v) is 10.0. The Bertz CT molecular complexity index is 886. The third-order valence-electron chi connectivity index (χ3n) is 6.99. The van der Waals surface area contributed by atoms with Gasteiger partial charge in [0.05, 0.1) is 6.10 Å². The van der Waals surface area contributed by atoms with E-state index in [1.807, 2.05) is 36.4 Å². The van der Waals surface area contributed by atoms with Crippen LogP contribution in [0.5, 0.6) is 0 Å². The van der Waals surface area contributed by atoms with Crippen LogP contribution in [-0.2, 0) is 14.0 Å². The van der Waals surface area contributed by atoms with Gasteiger partial charge in [-0.3, -0.25) is 0 Å². The molecule has 4 atom stereocenters. The number of fused-ring (bicyclic) bond motifs is 1. The van der Waals surface area contributed by atoms with Crippen molar-refractivity contribution in [3.63, 3.8) is 0 Å². The van der Waals surface area contributed by atoms with Gasteiger partial charge < -0.3 is 19.4 Å². The maximum Gasteiger partial charge on any atom is 0.338 e. The summed E-state index contributed by atoms with van der Waals surface area (Å²) in [7, 11) is -2.88. The molecule has 2 aromatic carbocycles. The second kappa shape index (κ2) is 7.02. The first-order chi connectivity index (χ1) is 14.1. The standard InChI is InChI=1S/C24H30O5Si/c1-22(2,3)30(17-11-7-5-8-12-17,18-13-9-6-10-14-18)29-19-15-16-24(27)20(25)21(26)28-23(19,24)4/h5-14,19-20,25,27H,15-16H2,1-4H3/t19-,20-,23+,24-/m0/s1. The first-order valence-corrected chi connectivity index (χ1v) is 12.4. The predicted molar refractivity (Wildman–Crippen MR) is 117 cm³/mol. The van der Waals surface area contributed by atoms with Gasteiger partial charge in [0.15, 0.2) is 11.7 Å². The average Bonchev–Trinajstić information content (AvgIpc) is 3.06. The van der Waals surface area contributed by atoms with Gasteiger partial charge in [-0.05, 0) is 35.2 Å². The van der Waals surface area contributed by atoms with Crippen molar-refractivity contribution < 1.29 is 24.2 Å². The molecule has 1 heterocycles. The number of rotatable bonds is 4. The molecule has 160 valence electrons. The molecule has 6 heteroatoms. The van der Waals surface area contributed by atoms with E-state index in [1.165, 1.54) is 0 Å². The largest absolute Gasteiger partial charge is 0.451 e. The van der Waals surface area contributed by atoms with Crippen molar-refractivity contribution >= 4 is 24.7 Å². The van der Waals surface area contributed by atoms with Crippen LogP contribution in [-0.4, -0.2) is 47.9 Å². The minimum Gasteiger partial charge on any atom is -0.451 e. The van der Waals surface area contributed by atoms with Gasteiger partial charge in [0.25, 0.3) is 8.32 Å². The number of hydrogen-bond acceptors (Lipinski definition) is 5. The van der Waals surface area contributed by atoms with Gasteiger partial charge in [0.2, 0.25) is 0 Å². The van der Waals surface area contributed by atoms with Gasteiger partial charge in [-0.2, -0.15) is 0 Å². The number of hydrogen-bond donors (Lipinski definition) is 2. The summed E-state index contributed by atoms with van der Waals surface area (Å²) < 4.78 is 12.7. The molecule has 2 aromatic rings. The van der Waals surface area contributed by atoms with Gasteiger partial charge in [-0.1, -0.05) is 81.4 Å². The molecule has 0 radical (unpaired) electrons. The average molecular weight is 427 g/mol. The highest BCUT2D eigenvalue weighted by molar-refractivity contribution is 6.99. The highest BCUT2D eigenvalue weighted by Crippen LogP contribution is 2.52. The Morgan fingerprint density at radius 1 is 1.03 bits per heavy atom. The molecule has 2 fully saturated rings. The van der Waals surface area contributed by atoms with Crippen molar-refractivity contribution in [1.82, 2.24) is 0 Å². The Kier molecular flexibility index (Phi) is 4.97. The molecule has 1 aliphatic heterocycles. The molecule has 1 aliphatic carbocycles. The SMILES string of the molecule is CC(C)(C)[Si](O[C@H]1CC[C@]2(O)[C@@H](O)C(=O)O[C@]12C)(c1ccccc1)c1ccccc1. The molecule has 2 N–H and O–H groups in total. The lowest BCUT2D eigenvalue weighted by Gasteiger charge is -2.47. The lowest BCUT2D eigenvalue weighted by atomic mass is 9.85. The van der Waals surface area contributed by atoms with Crippen molar-refractivity contribution in [3.05, 3.63) is 60.7 Å². The van der Waals surface area contributed by atoms with E-state index < -0.39 is 37.7 Å². The number of carbonyl (C=O) groups excluding carboxylic acids is 1. The van der Waals surface area contributed by atoms with Gasteiger partial charge in [-0.15, -0.1) is 0 Å². The number of aliphatic hydroxyl groups excluding tert-OH is 1. The van der Waals surface area contributed by atoms with E-state index in [1.54, 1.807) is 6.92 Å². The molecule has 1 saturated carbocycles. The summed E-state index contributed by atoms with van der Waals surface area (Å²) in [5.41, 5.74) is -2.93. The normalized spacial score (nSPS) is 31.5. The van der Waals surface area contributed by atoms with Crippen molar-refractivity contribution in [1.29, 1.82) is 0 Å². The topological polar surface area (TPSA) is 76.0 Å². The highest BCUT2D eigenvalue weighted by Gasteiger charge is 2.71. The third kappa shape index (κ3) is 2.82. The molecule has 5 nitrogen and oxygen atoms in total. The maximum absolute atomic E-state index is 12.2. The van der Waals surface area contributed by atoms with E-state index >= 15 is 0 Å². The number of aliphatic hydroxyl groups is 2. The molecule has 0 spiro atoms. The number of carbonyl (C=O) groups is 1.